The van der Waals surface area contributed by atoms with E-state index in [0.717, 1.165) is 35.3 Å². The summed E-state index contributed by atoms with van der Waals surface area (Å²) in [6.07, 6.45) is 5.96. The Hall–Kier alpha value is -1.20. The Morgan fingerprint density at radius 2 is 2.24 bits per heavy atom. The van der Waals surface area contributed by atoms with Gasteiger partial charge in [0.05, 0.1) is 17.2 Å². The number of H-pyrrole nitrogens is 1. The lowest BCUT2D eigenvalue weighted by atomic mass is 10.3. The maximum absolute atomic E-state index is 5.32. The second-order valence-corrected chi connectivity index (χ2v) is 4.87. The number of aromatic amines is 1. The molecule has 2 heterocycles. The summed E-state index contributed by atoms with van der Waals surface area (Å²) in [7, 11) is 4.20. The van der Waals surface area contributed by atoms with Crippen LogP contribution in [-0.2, 0) is 6.54 Å². The highest BCUT2D eigenvalue weighted by Crippen LogP contribution is 2.13. The first-order valence-electron chi connectivity index (χ1n) is 5.86. The number of hydrogen-bond donors (Lipinski definition) is 1. The van der Waals surface area contributed by atoms with Crippen molar-refractivity contribution in [1.29, 1.82) is 0 Å². The molecule has 0 atom stereocenters. The molecule has 0 unspecified atom stereocenters. The molecule has 0 aromatic carbocycles. The zero-order valence-corrected chi connectivity index (χ0v) is 11.1. The van der Waals surface area contributed by atoms with E-state index in [9.17, 15) is 0 Å². The zero-order chi connectivity index (χ0) is 12.3. The highest BCUT2D eigenvalue weighted by atomic mass is 32.1. The molecule has 0 fully saturated rings. The molecule has 0 saturated carbocycles. The monoisotopic (exact) mass is 250 g/mol. The van der Waals surface area contributed by atoms with Gasteiger partial charge in [0, 0.05) is 12.7 Å². The summed E-state index contributed by atoms with van der Waals surface area (Å²) in [5, 5.41) is 0. The summed E-state index contributed by atoms with van der Waals surface area (Å²) in [4.78, 5) is 9.48. The summed E-state index contributed by atoms with van der Waals surface area (Å²) >= 11 is 5.32. The molecule has 2 aromatic heterocycles. The van der Waals surface area contributed by atoms with Crippen molar-refractivity contribution in [2.45, 2.75) is 19.4 Å². The van der Waals surface area contributed by atoms with Gasteiger partial charge >= 0.3 is 0 Å². The molecule has 17 heavy (non-hydrogen) atoms. The first-order chi connectivity index (χ1) is 8.18. The Morgan fingerprint density at radius 3 is 3.00 bits per heavy atom. The Bertz CT molecular complexity index is 541. The van der Waals surface area contributed by atoms with E-state index in [1.807, 2.05) is 12.3 Å². The average Bonchev–Trinajstić information content (AvgIpc) is 2.60. The van der Waals surface area contributed by atoms with Crippen molar-refractivity contribution in [2.24, 2.45) is 0 Å². The largest absolute Gasteiger partial charge is 0.329 e. The zero-order valence-electron chi connectivity index (χ0n) is 10.3. The van der Waals surface area contributed by atoms with E-state index in [0.29, 0.717) is 0 Å². The predicted molar refractivity (Wildman–Crippen MR) is 72.7 cm³/mol. The van der Waals surface area contributed by atoms with Crippen LogP contribution in [0.2, 0.25) is 0 Å². The van der Waals surface area contributed by atoms with E-state index in [-0.39, 0.29) is 0 Å². The van der Waals surface area contributed by atoms with Crippen LogP contribution in [0.5, 0.6) is 0 Å². The molecule has 0 radical (unpaired) electrons. The van der Waals surface area contributed by atoms with Gasteiger partial charge in [0.1, 0.15) is 0 Å². The minimum atomic E-state index is 0.790. The third-order valence-electron chi connectivity index (χ3n) is 2.81. The summed E-state index contributed by atoms with van der Waals surface area (Å²) < 4.78 is 2.94. The molecule has 92 valence electrons. The van der Waals surface area contributed by atoms with Crippen molar-refractivity contribution >= 4 is 23.3 Å². The SMILES string of the molecule is CN(C)CCCCn1c(=S)[nH]c2cnccc21. The fourth-order valence-electron chi connectivity index (χ4n) is 1.93. The minimum absolute atomic E-state index is 0.790. The van der Waals surface area contributed by atoms with Crippen LogP contribution in [0, 0.1) is 4.77 Å². The Morgan fingerprint density at radius 1 is 1.41 bits per heavy atom. The third kappa shape index (κ3) is 2.92. The number of imidazole rings is 1. The van der Waals surface area contributed by atoms with Gasteiger partial charge in [0.25, 0.3) is 0 Å². The van der Waals surface area contributed by atoms with E-state index in [1.165, 1.54) is 6.42 Å². The number of fused-ring (bicyclic) bond motifs is 1. The van der Waals surface area contributed by atoms with Gasteiger partial charge in [0.2, 0.25) is 0 Å². The molecule has 5 heteroatoms. The minimum Gasteiger partial charge on any atom is -0.329 e. The van der Waals surface area contributed by atoms with Gasteiger partial charge in [-0.3, -0.25) is 4.98 Å². The van der Waals surface area contributed by atoms with Crippen LogP contribution in [0.15, 0.2) is 18.5 Å². The molecule has 0 spiro atoms. The van der Waals surface area contributed by atoms with Gasteiger partial charge in [-0.25, -0.2) is 0 Å². The van der Waals surface area contributed by atoms with Gasteiger partial charge in [-0.1, -0.05) is 0 Å². The molecule has 0 bridgehead atoms. The van der Waals surface area contributed by atoms with Crippen LogP contribution >= 0.6 is 12.2 Å². The van der Waals surface area contributed by atoms with Crippen molar-refractivity contribution in [1.82, 2.24) is 19.4 Å². The van der Waals surface area contributed by atoms with Crippen LogP contribution in [-0.4, -0.2) is 40.1 Å². The van der Waals surface area contributed by atoms with Crippen LogP contribution in [0.4, 0.5) is 0 Å². The molecule has 0 aliphatic heterocycles. The maximum atomic E-state index is 5.32. The molecule has 2 aromatic rings. The van der Waals surface area contributed by atoms with Gasteiger partial charge in [-0.15, -0.1) is 0 Å². The highest BCUT2D eigenvalue weighted by molar-refractivity contribution is 7.71. The van der Waals surface area contributed by atoms with Gasteiger partial charge in [-0.2, -0.15) is 0 Å². The third-order valence-corrected chi connectivity index (χ3v) is 3.14. The summed E-state index contributed by atoms with van der Waals surface area (Å²) in [5.41, 5.74) is 2.17. The van der Waals surface area contributed by atoms with Gasteiger partial charge < -0.3 is 14.5 Å². The summed E-state index contributed by atoms with van der Waals surface area (Å²) in [5.74, 6) is 0. The number of rotatable bonds is 5. The number of aromatic nitrogens is 3. The van der Waals surface area contributed by atoms with Crippen LogP contribution in [0.1, 0.15) is 12.8 Å². The van der Waals surface area contributed by atoms with E-state index in [1.54, 1.807) is 6.20 Å². The predicted octanol–water partition coefficient (Wildman–Crippen LogP) is 2.44. The number of aryl methyl sites for hydroxylation is 1. The molecule has 1 N–H and O–H groups in total. The van der Waals surface area contributed by atoms with Crippen LogP contribution in [0.25, 0.3) is 11.0 Å². The molecule has 0 aliphatic carbocycles. The Kier molecular flexibility index (Phi) is 3.91. The average molecular weight is 250 g/mol. The summed E-state index contributed by atoms with van der Waals surface area (Å²) in [6.45, 7) is 2.09. The molecule has 0 saturated heterocycles. The lowest BCUT2D eigenvalue weighted by Crippen LogP contribution is -2.13. The smallest absolute Gasteiger partial charge is 0.178 e. The molecule has 0 aliphatic rings. The second-order valence-electron chi connectivity index (χ2n) is 4.48. The molecule has 4 nitrogen and oxygen atoms in total. The van der Waals surface area contributed by atoms with Gasteiger partial charge in [0.15, 0.2) is 4.77 Å². The van der Waals surface area contributed by atoms with Gasteiger partial charge in [-0.05, 0) is 51.8 Å². The number of hydrogen-bond acceptors (Lipinski definition) is 3. The van der Waals surface area contributed by atoms with E-state index < -0.39 is 0 Å². The number of nitrogens with one attached hydrogen (secondary N) is 1. The van der Waals surface area contributed by atoms with E-state index in [4.69, 9.17) is 12.2 Å². The number of nitrogens with zero attached hydrogens (tertiary/aromatic N) is 3. The highest BCUT2D eigenvalue weighted by Gasteiger charge is 2.03. The fraction of sp³-hybridized carbons (Fsp3) is 0.500. The van der Waals surface area contributed by atoms with Crippen molar-refractivity contribution in [3.63, 3.8) is 0 Å². The van der Waals surface area contributed by atoms with Crippen molar-refractivity contribution < 1.29 is 0 Å². The van der Waals surface area contributed by atoms with Crippen molar-refractivity contribution in [2.75, 3.05) is 20.6 Å². The lowest BCUT2D eigenvalue weighted by Gasteiger charge is -2.09. The normalized spacial score (nSPS) is 11.5. The molecule has 0 amide bonds. The Labute approximate surface area is 106 Å². The van der Waals surface area contributed by atoms with Crippen molar-refractivity contribution in [3.8, 4) is 0 Å². The fourth-order valence-corrected chi connectivity index (χ4v) is 2.23. The molecular formula is C12H18N4S. The quantitative estimate of drug-likeness (QED) is 0.654. The van der Waals surface area contributed by atoms with E-state index in [2.05, 4.69) is 33.5 Å². The van der Waals surface area contributed by atoms with Crippen LogP contribution in [0.3, 0.4) is 0 Å². The topological polar surface area (TPSA) is 36.9 Å². The molecular weight excluding hydrogens is 232 g/mol. The van der Waals surface area contributed by atoms with E-state index >= 15 is 0 Å². The maximum Gasteiger partial charge on any atom is 0.178 e. The number of pyridine rings is 1. The standard InChI is InChI=1S/C12H18N4S/c1-15(2)7-3-4-8-16-11-5-6-13-9-10(11)14-12(16)17/h5-6,9H,3-4,7-8H2,1-2H3,(H,14,17). The number of unbranched alkanes of at least 4 members (excludes halogenated alkanes) is 1. The summed E-state index contributed by atoms with van der Waals surface area (Å²) in [6, 6.07) is 2.01. The Balaban J connectivity index is 2.08. The first kappa shape index (κ1) is 12.3. The lowest BCUT2D eigenvalue weighted by molar-refractivity contribution is 0.388. The molecule has 2 rings (SSSR count). The van der Waals surface area contributed by atoms with Crippen molar-refractivity contribution in [3.05, 3.63) is 23.2 Å². The first-order valence-corrected chi connectivity index (χ1v) is 6.26. The van der Waals surface area contributed by atoms with Crippen LogP contribution < -0.4 is 0 Å². The second kappa shape index (κ2) is 5.42.